The molecule has 6 nitrogen and oxygen atoms in total. The first kappa shape index (κ1) is 12.7. The maximum atomic E-state index is 11.5. The van der Waals surface area contributed by atoms with Gasteiger partial charge in [-0.1, -0.05) is 18.5 Å². The number of hydrogen-bond acceptors (Lipinski definition) is 4. The normalized spacial score (nSPS) is 14.1. The molecule has 1 atom stereocenters. The summed E-state index contributed by atoms with van der Waals surface area (Å²) in [5.41, 5.74) is 7.97. The Bertz CT molecular complexity index is 215. The molecule has 82 valence electrons. The van der Waals surface area contributed by atoms with Crippen LogP contribution in [-0.4, -0.2) is 36.1 Å². The maximum Gasteiger partial charge on any atom is 0.245 e. The molecule has 1 unspecified atom stereocenters. The lowest BCUT2D eigenvalue weighted by Crippen LogP contribution is -2.44. The molecule has 0 aromatic heterocycles. The van der Waals surface area contributed by atoms with E-state index in [1.165, 1.54) is 5.01 Å². The number of hydrogen-bond donors (Lipinski definition) is 3. The molecule has 0 aliphatic heterocycles. The topological polar surface area (TPSA) is 91.0 Å². The van der Waals surface area contributed by atoms with Crippen molar-refractivity contribution in [2.75, 3.05) is 14.1 Å². The number of amides is 1. The maximum absolute atomic E-state index is 11.5. The third kappa shape index (κ3) is 4.08. The Balaban J connectivity index is 4.41. The molecular weight excluding hydrogens is 184 g/mol. The van der Waals surface area contributed by atoms with Crippen LogP contribution in [0.3, 0.4) is 0 Å². The Morgan fingerprint density at radius 2 is 2.21 bits per heavy atom. The minimum absolute atomic E-state index is 0.0498. The number of nitrogens with zero attached hydrogens (tertiary/aromatic N) is 2. The Hall–Kier alpha value is -1.30. The Kier molecular flexibility index (Phi) is 5.62. The van der Waals surface area contributed by atoms with Gasteiger partial charge in [-0.15, -0.1) is 0 Å². The summed E-state index contributed by atoms with van der Waals surface area (Å²) in [4.78, 5) is 11.5. The van der Waals surface area contributed by atoms with E-state index >= 15 is 0 Å². The van der Waals surface area contributed by atoms with E-state index in [0.29, 0.717) is 6.42 Å². The fourth-order valence-electron chi connectivity index (χ4n) is 1.07. The first-order valence-corrected chi connectivity index (χ1v) is 4.48. The highest BCUT2D eigenvalue weighted by atomic mass is 16.4. The predicted molar refractivity (Wildman–Crippen MR) is 53.6 cm³/mol. The zero-order valence-corrected chi connectivity index (χ0v) is 8.82. The van der Waals surface area contributed by atoms with Gasteiger partial charge in [0.1, 0.15) is 5.92 Å². The fraction of sp³-hybridized carbons (Fsp3) is 0.750. The van der Waals surface area contributed by atoms with Crippen LogP contribution in [0.4, 0.5) is 0 Å². The highest BCUT2D eigenvalue weighted by Crippen LogP contribution is 2.06. The van der Waals surface area contributed by atoms with Crippen molar-refractivity contribution in [3.63, 3.8) is 0 Å². The minimum Gasteiger partial charge on any atom is -0.409 e. The van der Waals surface area contributed by atoms with Crippen molar-refractivity contribution in [1.82, 2.24) is 10.4 Å². The Morgan fingerprint density at radius 3 is 2.57 bits per heavy atom. The molecular formula is C8H18N4O2. The van der Waals surface area contributed by atoms with E-state index in [9.17, 15) is 4.79 Å². The second kappa shape index (κ2) is 6.20. The molecule has 0 aromatic rings. The number of oxime groups is 1. The van der Waals surface area contributed by atoms with Gasteiger partial charge in [0, 0.05) is 14.1 Å². The minimum atomic E-state index is -0.563. The van der Waals surface area contributed by atoms with Crippen molar-refractivity contribution < 1.29 is 10.0 Å². The quantitative estimate of drug-likeness (QED) is 0.248. The number of carbonyl (C=O) groups excluding carboxylic acids is 1. The van der Waals surface area contributed by atoms with Crippen LogP contribution in [0, 0.1) is 5.92 Å². The van der Waals surface area contributed by atoms with Crippen LogP contribution in [0.2, 0.25) is 0 Å². The second-order valence-corrected chi connectivity index (χ2v) is 3.24. The third-order valence-corrected chi connectivity index (χ3v) is 1.70. The summed E-state index contributed by atoms with van der Waals surface area (Å²) in [5.74, 6) is -0.870. The molecule has 0 fully saturated rings. The molecule has 6 heteroatoms. The highest BCUT2D eigenvalue weighted by molar-refractivity contribution is 6.01. The fourth-order valence-corrected chi connectivity index (χ4v) is 1.07. The third-order valence-electron chi connectivity index (χ3n) is 1.70. The van der Waals surface area contributed by atoms with Gasteiger partial charge in [-0.2, -0.15) is 0 Å². The van der Waals surface area contributed by atoms with Gasteiger partial charge in [-0.25, -0.2) is 5.01 Å². The number of amidine groups is 1. The van der Waals surface area contributed by atoms with Gasteiger partial charge in [-0.05, 0) is 6.42 Å². The van der Waals surface area contributed by atoms with Crippen molar-refractivity contribution in [1.29, 1.82) is 0 Å². The van der Waals surface area contributed by atoms with Crippen LogP contribution in [-0.2, 0) is 4.79 Å². The monoisotopic (exact) mass is 202 g/mol. The molecule has 0 aromatic carbocycles. The van der Waals surface area contributed by atoms with Crippen LogP contribution in [0.1, 0.15) is 19.8 Å². The van der Waals surface area contributed by atoms with Crippen molar-refractivity contribution in [2.45, 2.75) is 19.8 Å². The van der Waals surface area contributed by atoms with Gasteiger partial charge in [0.25, 0.3) is 0 Å². The SMILES string of the molecule is CCCC(C(=O)NN(C)C)C(N)=NO. The number of carbonyl (C=O) groups is 1. The summed E-state index contributed by atoms with van der Waals surface area (Å²) < 4.78 is 0. The molecule has 0 saturated heterocycles. The number of nitrogens with one attached hydrogen (secondary N) is 1. The Labute approximate surface area is 83.7 Å². The molecule has 0 saturated carbocycles. The number of nitrogens with two attached hydrogens (primary N) is 1. The number of hydrazine groups is 1. The van der Waals surface area contributed by atoms with E-state index in [1.54, 1.807) is 14.1 Å². The molecule has 4 N–H and O–H groups in total. The molecule has 0 radical (unpaired) electrons. The predicted octanol–water partition coefficient (Wildman–Crippen LogP) is -0.258. The molecule has 0 bridgehead atoms. The summed E-state index contributed by atoms with van der Waals surface area (Å²) in [7, 11) is 3.40. The summed E-state index contributed by atoms with van der Waals surface area (Å²) in [6.07, 6.45) is 1.36. The summed E-state index contributed by atoms with van der Waals surface area (Å²) in [5, 5.41) is 12.9. The van der Waals surface area contributed by atoms with Gasteiger partial charge < -0.3 is 10.9 Å². The molecule has 1 amide bonds. The summed E-state index contributed by atoms with van der Waals surface area (Å²) in [6.45, 7) is 1.93. The van der Waals surface area contributed by atoms with Crippen LogP contribution >= 0.6 is 0 Å². The second-order valence-electron chi connectivity index (χ2n) is 3.24. The van der Waals surface area contributed by atoms with E-state index in [4.69, 9.17) is 10.9 Å². The smallest absolute Gasteiger partial charge is 0.245 e. The van der Waals surface area contributed by atoms with Crippen LogP contribution in [0.5, 0.6) is 0 Å². The van der Waals surface area contributed by atoms with Gasteiger partial charge in [0.15, 0.2) is 5.84 Å². The molecule has 14 heavy (non-hydrogen) atoms. The van der Waals surface area contributed by atoms with Crippen molar-refractivity contribution >= 4 is 11.7 Å². The number of rotatable bonds is 5. The largest absolute Gasteiger partial charge is 0.409 e. The first-order valence-electron chi connectivity index (χ1n) is 4.48. The lowest BCUT2D eigenvalue weighted by Gasteiger charge is -2.18. The van der Waals surface area contributed by atoms with Crippen molar-refractivity contribution in [3.05, 3.63) is 0 Å². The van der Waals surface area contributed by atoms with E-state index in [0.717, 1.165) is 6.42 Å². The van der Waals surface area contributed by atoms with Crippen LogP contribution in [0.25, 0.3) is 0 Å². The van der Waals surface area contributed by atoms with Crippen LogP contribution < -0.4 is 11.2 Å². The van der Waals surface area contributed by atoms with Crippen LogP contribution in [0.15, 0.2) is 5.16 Å². The van der Waals surface area contributed by atoms with Gasteiger partial charge in [0.2, 0.25) is 5.91 Å². The van der Waals surface area contributed by atoms with Gasteiger partial charge >= 0.3 is 0 Å². The van der Waals surface area contributed by atoms with Gasteiger partial charge in [0.05, 0.1) is 0 Å². The highest BCUT2D eigenvalue weighted by Gasteiger charge is 2.22. The zero-order chi connectivity index (χ0) is 11.1. The molecule has 0 heterocycles. The molecule has 0 rings (SSSR count). The lowest BCUT2D eigenvalue weighted by molar-refractivity contribution is -0.127. The zero-order valence-electron chi connectivity index (χ0n) is 8.82. The Morgan fingerprint density at radius 1 is 1.64 bits per heavy atom. The molecule has 0 spiro atoms. The van der Waals surface area contributed by atoms with Gasteiger partial charge in [-0.3, -0.25) is 10.2 Å². The average molecular weight is 202 g/mol. The lowest BCUT2D eigenvalue weighted by atomic mass is 10.0. The summed E-state index contributed by atoms with van der Waals surface area (Å²) >= 11 is 0. The van der Waals surface area contributed by atoms with Crippen molar-refractivity contribution in [3.8, 4) is 0 Å². The molecule has 0 aliphatic carbocycles. The van der Waals surface area contributed by atoms with E-state index in [-0.39, 0.29) is 11.7 Å². The average Bonchev–Trinajstić information content (AvgIpc) is 2.11. The van der Waals surface area contributed by atoms with E-state index in [1.807, 2.05) is 6.92 Å². The summed E-state index contributed by atoms with van der Waals surface area (Å²) in [6, 6.07) is 0. The van der Waals surface area contributed by atoms with E-state index in [2.05, 4.69) is 10.6 Å². The van der Waals surface area contributed by atoms with E-state index < -0.39 is 5.92 Å². The first-order chi connectivity index (χ1) is 6.52. The van der Waals surface area contributed by atoms with Crippen molar-refractivity contribution in [2.24, 2.45) is 16.8 Å². The standard InChI is InChI=1S/C8H18N4O2/c1-4-5-6(7(9)11-14)8(13)10-12(2)3/h6,14H,4-5H2,1-3H3,(H2,9,11)(H,10,13). The molecule has 0 aliphatic rings.